The second-order valence-corrected chi connectivity index (χ2v) is 7.67. The molecule has 1 unspecified atom stereocenters. The molecule has 1 atom stereocenters. The van der Waals surface area contributed by atoms with Gasteiger partial charge in [0.25, 0.3) is 5.91 Å². The molecule has 1 amide bonds. The van der Waals surface area contributed by atoms with Crippen LogP contribution in [0.15, 0.2) is 48.5 Å². The Morgan fingerprint density at radius 3 is 2.36 bits per heavy atom. The molecule has 0 spiro atoms. The van der Waals surface area contributed by atoms with Crippen LogP contribution in [0.3, 0.4) is 0 Å². The molecule has 1 aliphatic rings. The minimum atomic E-state index is -4.59. The number of nitrogens with zero attached hydrogens (tertiary/aromatic N) is 2. The Hall–Kier alpha value is -3.07. The molecular weight excluding hydrogens is 437 g/mol. The highest BCUT2D eigenvalue weighted by Crippen LogP contribution is 2.32. The zero-order valence-corrected chi connectivity index (χ0v) is 18.6. The normalized spacial score (nSPS) is 15.3. The number of piperazine rings is 1. The van der Waals surface area contributed by atoms with Crippen molar-refractivity contribution in [2.45, 2.75) is 25.6 Å². The lowest BCUT2D eigenvalue weighted by Crippen LogP contribution is -2.49. The lowest BCUT2D eigenvalue weighted by atomic mass is 10.0. The first-order valence-electron chi connectivity index (χ1n) is 10.7. The van der Waals surface area contributed by atoms with Gasteiger partial charge in [0.15, 0.2) is 6.10 Å². The maximum atomic E-state index is 13.3. The summed E-state index contributed by atoms with van der Waals surface area (Å²) in [7, 11) is 1.46. The van der Waals surface area contributed by atoms with Gasteiger partial charge in [0.2, 0.25) is 0 Å². The monoisotopic (exact) mass is 464 g/mol. The van der Waals surface area contributed by atoms with Crippen molar-refractivity contribution < 1.29 is 32.2 Å². The number of esters is 1. The fraction of sp³-hybridized carbons (Fsp3) is 0.417. The number of carbonyl (C=O) groups is 2. The van der Waals surface area contributed by atoms with Crippen LogP contribution in [0.5, 0.6) is 0 Å². The van der Waals surface area contributed by atoms with Crippen LogP contribution in [0.25, 0.3) is 0 Å². The molecular formula is C24H27F3N2O4. The van der Waals surface area contributed by atoms with E-state index in [0.717, 1.165) is 17.3 Å². The van der Waals surface area contributed by atoms with Crippen molar-refractivity contribution in [3.8, 4) is 0 Å². The number of anilines is 1. The van der Waals surface area contributed by atoms with Crippen molar-refractivity contribution in [3.05, 3.63) is 65.2 Å². The standard InChI is InChI=1S/C24H27F3N2O4/c1-3-33-23(31)21(32-2)16-17-7-6-8-18(15-17)28-11-13-29(14-12-28)22(30)19-9-4-5-10-20(19)24(25,26)27/h4-10,15,21H,3,11-14,16H2,1-2H3. The molecule has 2 aromatic rings. The first-order chi connectivity index (χ1) is 15.7. The van der Waals surface area contributed by atoms with Crippen LogP contribution in [-0.4, -0.2) is 62.8 Å². The van der Waals surface area contributed by atoms with Gasteiger partial charge in [-0.15, -0.1) is 0 Å². The number of ether oxygens (including phenoxy) is 2. The maximum Gasteiger partial charge on any atom is 0.417 e. The van der Waals surface area contributed by atoms with E-state index in [-0.39, 0.29) is 12.2 Å². The lowest BCUT2D eigenvalue weighted by molar-refractivity contribution is -0.154. The van der Waals surface area contributed by atoms with Crippen LogP contribution < -0.4 is 4.90 Å². The van der Waals surface area contributed by atoms with Crippen molar-refractivity contribution in [1.29, 1.82) is 0 Å². The molecule has 1 aliphatic heterocycles. The molecule has 0 aromatic heterocycles. The molecule has 0 bridgehead atoms. The van der Waals surface area contributed by atoms with E-state index < -0.39 is 29.7 Å². The fourth-order valence-corrected chi connectivity index (χ4v) is 3.85. The van der Waals surface area contributed by atoms with E-state index in [1.165, 1.54) is 30.2 Å². The Labute approximate surface area is 190 Å². The molecule has 0 aliphatic carbocycles. The van der Waals surface area contributed by atoms with Crippen LogP contribution >= 0.6 is 0 Å². The molecule has 0 saturated carbocycles. The van der Waals surface area contributed by atoms with Gasteiger partial charge in [-0.1, -0.05) is 24.3 Å². The first kappa shape index (κ1) is 24.6. The molecule has 1 saturated heterocycles. The maximum absolute atomic E-state index is 13.3. The van der Waals surface area contributed by atoms with Gasteiger partial charge in [-0.25, -0.2) is 4.79 Å². The molecule has 178 valence electrons. The van der Waals surface area contributed by atoms with Gasteiger partial charge in [-0.3, -0.25) is 4.79 Å². The largest absolute Gasteiger partial charge is 0.464 e. The van der Waals surface area contributed by atoms with Crippen molar-refractivity contribution in [2.75, 3.05) is 44.8 Å². The van der Waals surface area contributed by atoms with Gasteiger partial charge in [0, 0.05) is 45.4 Å². The number of methoxy groups -OCH3 is 1. The third-order valence-electron chi connectivity index (χ3n) is 5.56. The van der Waals surface area contributed by atoms with Crippen molar-refractivity contribution in [3.63, 3.8) is 0 Å². The number of rotatable bonds is 7. The molecule has 6 nitrogen and oxygen atoms in total. The van der Waals surface area contributed by atoms with Gasteiger partial charge in [0.05, 0.1) is 17.7 Å². The van der Waals surface area contributed by atoms with Crippen LogP contribution in [0.2, 0.25) is 0 Å². The summed E-state index contributed by atoms with van der Waals surface area (Å²) in [5.41, 5.74) is 0.559. The second kappa shape index (κ2) is 10.7. The molecule has 0 radical (unpaired) electrons. The summed E-state index contributed by atoms with van der Waals surface area (Å²) in [6.45, 7) is 3.58. The van der Waals surface area contributed by atoms with Gasteiger partial charge >= 0.3 is 12.1 Å². The third-order valence-corrected chi connectivity index (χ3v) is 5.56. The lowest BCUT2D eigenvalue weighted by Gasteiger charge is -2.36. The Bertz CT molecular complexity index is 972. The number of carbonyl (C=O) groups excluding carboxylic acids is 2. The number of alkyl halides is 3. The van der Waals surface area contributed by atoms with E-state index in [1.807, 2.05) is 24.3 Å². The smallest absolute Gasteiger partial charge is 0.417 e. The van der Waals surface area contributed by atoms with Crippen molar-refractivity contribution >= 4 is 17.6 Å². The highest BCUT2D eigenvalue weighted by atomic mass is 19.4. The SMILES string of the molecule is CCOC(=O)C(Cc1cccc(N2CCN(C(=O)c3ccccc3C(F)(F)F)CC2)c1)OC. The number of hydrogen-bond acceptors (Lipinski definition) is 5. The van der Waals surface area contributed by atoms with Crippen molar-refractivity contribution in [1.82, 2.24) is 4.90 Å². The van der Waals surface area contributed by atoms with Crippen LogP contribution in [-0.2, 0) is 26.9 Å². The summed E-state index contributed by atoms with van der Waals surface area (Å²) in [6.07, 6.45) is -4.93. The van der Waals surface area contributed by atoms with Gasteiger partial charge in [0.1, 0.15) is 0 Å². The number of halogens is 3. The predicted molar refractivity (Wildman–Crippen MR) is 117 cm³/mol. The van der Waals surface area contributed by atoms with Gasteiger partial charge in [-0.05, 0) is 36.8 Å². The molecule has 0 N–H and O–H groups in total. The number of hydrogen-bond donors (Lipinski definition) is 0. The van der Waals surface area contributed by atoms with E-state index in [1.54, 1.807) is 6.92 Å². The summed E-state index contributed by atoms with van der Waals surface area (Å²) in [6, 6.07) is 12.5. The second-order valence-electron chi connectivity index (χ2n) is 7.67. The van der Waals surface area contributed by atoms with E-state index in [9.17, 15) is 22.8 Å². The van der Waals surface area contributed by atoms with Crippen LogP contribution in [0.1, 0.15) is 28.4 Å². The average molecular weight is 464 g/mol. The van der Waals surface area contributed by atoms with E-state index >= 15 is 0 Å². The molecule has 1 heterocycles. The summed E-state index contributed by atoms with van der Waals surface area (Å²) in [4.78, 5) is 28.3. The third kappa shape index (κ3) is 6.04. The summed E-state index contributed by atoms with van der Waals surface area (Å²) >= 11 is 0. The number of amides is 1. The van der Waals surface area contributed by atoms with Gasteiger partial charge < -0.3 is 19.3 Å². The molecule has 1 fully saturated rings. The topological polar surface area (TPSA) is 59.1 Å². The van der Waals surface area contributed by atoms with Crippen LogP contribution in [0.4, 0.5) is 18.9 Å². The molecule has 33 heavy (non-hydrogen) atoms. The molecule has 3 rings (SSSR count). The zero-order chi connectivity index (χ0) is 24.0. The first-order valence-corrected chi connectivity index (χ1v) is 10.7. The molecule has 2 aromatic carbocycles. The minimum absolute atomic E-state index is 0.273. The number of benzene rings is 2. The highest BCUT2D eigenvalue weighted by molar-refractivity contribution is 5.96. The summed E-state index contributed by atoms with van der Waals surface area (Å²) in [5, 5.41) is 0. The zero-order valence-electron chi connectivity index (χ0n) is 18.6. The summed E-state index contributed by atoms with van der Waals surface area (Å²) < 4.78 is 50.2. The Kier molecular flexibility index (Phi) is 7.97. The Morgan fingerprint density at radius 2 is 1.73 bits per heavy atom. The fourth-order valence-electron chi connectivity index (χ4n) is 3.85. The van der Waals surface area contributed by atoms with Gasteiger partial charge in [-0.2, -0.15) is 13.2 Å². The average Bonchev–Trinajstić information content (AvgIpc) is 2.82. The highest BCUT2D eigenvalue weighted by Gasteiger charge is 2.36. The van der Waals surface area contributed by atoms with E-state index in [2.05, 4.69) is 4.90 Å². The molecule has 9 heteroatoms. The minimum Gasteiger partial charge on any atom is -0.464 e. The Morgan fingerprint density at radius 1 is 1.03 bits per heavy atom. The van der Waals surface area contributed by atoms with Crippen molar-refractivity contribution in [2.24, 2.45) is 0 Å². The predicted octanol–water partition coefficient (Wildman–Crippen LogP) is 3.79. The Balaban J connectivity index is 1.65. The van der Waals surface area contributed by atoms with E-state index in [0.29, 0.717) is 32.6 Å². The van der Waals surface area contributed by atoms with Crippen LogP contribution in [0, 0.1) is 0 Å². The quantitative estimate of drug-likeness (QED) is 0.584. The van der Waals surface area contributed by atoms with E-state index in [4.69, 9.17) is 9.47 Å². The summed E-state index contributed by atoms with van der Waals surface area (Å²) in [5.74, 6) is -1.04.